The summed E-state index contributed by atoms with van der Waals surface area (Å²) in [6.45, 7) is 5.35. The van der Waals surface area contributed by atoms with Gasteiger partial charge < -0.3 is 15.4 Å². The Balaban J connectivity index is 1.60. The van der Waals surface area contributed by atoms with Crippen molar-refractivity contribution in [2.45, 2.75) is 33.0 Å². The molecule has 2 aromatic rings. The zero-order chi connectivity index (χ0) is 19.9. The Hall–Kier alpha value is -2.71. The molecule has 6 nitrogen and oxygen atoms in total. The van der Waals surface area contributed by atoms with Crippen LogP contribution in [0.1, 0.15) is 23.4 Å². The highest BCUT2D eigenvalue weighted by Crippen LogP contribution is 2.31. The van der Waals surface area contributed by atoms with E-state index in [9.17, 15) is 18.0 Å². The fraction of sp³-hybridized carbons (Fsp3) is 0.444. The molecule has 0 unspecified atom stereocenters. The van der Waals surface area contributed by atoms with Gasteiger partial charge in [0, 0.05) is 18.8 Å². The second-order valence-electron chi connectivity index (χ2n) is 6.06. The molecule has 0 aliphatic heterocycles. The summed E-state index contributed by atoms with van der Waals surface area (Å²) in [6.07, 6.45) is -3.68. The van der Waals surface area contributed by atoms with Crippen LogP contribution in [-0.4, -0.2) is 35.5 Å². The molecule has 27 heavy (non-hydrogen) atoms. The smallest absolute Gasteiger partial charge is 0.416 e. The summed E-state index contributed by atoms with van der Waals surface area (Å²) in [7, 11) is 0. The average Bonchev–Trinajstić information content (AvgIpc) is 2.92. The molecule has 0 radical (unpaired) electrons. The molecule has 0 spiro atoms. The monoisotopic (exact) mass is 384 g/mol. The predicted molar refractivity (Wildman–Crippen MR) is 94.7 cm³/mol. The molecule has 0 aliphatic carbocycles. The number of nitrogens with one attached hydrogen (secondary N) is 2. The van der Waals surface area contributed by atoms with Gasteiger partial charge in [-0.1, -0.05) is 6.07 Å². The molecule has 2 N–H and O–H groups in total. The van der Waals surface area contributed by atoms with Crippen molar-refractivity contribution in [1.29, 1.82) is 0 Å². The van der Waals surface area contributed by atoms with Gasteiger partial charge in [0.25, 0.3) is 0 Å². The van der Waals surface area contributed by atoms with Crippen LogP contribution in [0.4, 0.5) is 18.0 Å². The van der Waals surface area contributed by atoms with Gasteiger partial charge in [-0.05, 0) is 44.5 Å². The van der Waals surface area contributed by atoms with Crippen molar-refractivity contribution in [3.05, 3.63) is 47.3 Å². The summed E-state index contributed by atoms with van der Waals surface area (Å²) in [5.41, 5.74) is 1.26. The van der Waals surface area contributed by atoms with E-state index in [1.54, 1.807) is 0 Å². The van der Waals surface area contributed by atoms with Gasteiger partial charge in [0.2, 0.25) is 0 Å². The fourth-order valence-electron chi connectivity index (χ4n) is 2.49. The van der Waals surface area contributed by atoms with Crippen LogP contribution in [-0.2, 0) is 12.7 Å². The van der Waals surface area contributed by atoms with Gasteiger partial charge in [-0.2, -0.15) is 18.3 Å². The third kappa shape index (κ3) is 6.84. The number of nitrogens with zero attached hydrogens (tertiary/aromatic N) is 2. The standard InChI is InChI=1S/C18H23F3N4O2/c1-13-11-14(2)25(24-13)9-4-7-22-17(26)23-8-10-27-16-6-3-5-15(12-16)18(19,20)21/h3,5-6,11-12H,4,7-10H2,1-2H3,(H2,22,23,26). The van der Waals surface area contributed by atoms with E-state index >= 15 is 0 Å². The molecule has 0 fully saturated rings. The van der Waals surface area contributed by atoms with E-state index in [0.29, 0.717) is 13.1 Å². The van der Waals surface area contributed by atoms with Crippen LogP contribution < -0.4 is 15.4 Å². The molecule has 0 aliphatic rings. The number of amides is 2. The lowest BCUT2D eigenvalue weighted by molar-refractivity contribution is -0.137. The van der Waals surface area contributed by atoms with Crippen LogP contribution in [0.3, 0.4) is 0 Å². The van der Waals surface area contributed by atoms with E-state index in [1.807, 2.05) is 24.6 Å². The van der Waals surface area contributed by atoms with Gasteiger partial charge in [0.15, 0.2) is 0 Å². The van der Waals surface area contributed by atoms with E-state index in [1.165, 1.54) is 12.1 Å². The summed E-state index contributed by atoms with van der Waals surface area (Å²) in [5, 5.41) is 9.64. The number of carbonyl (C=O) groups excluding carboxylic acids is 1. The topological polar surface area (TPSA) is 68.2 Å². The fourth-order valence-corrected chi connectivity index (χ4v) is 2.49. The molecular weight excluding hydrogens is 361 g/mol. The van der Waals surface area contributed by atoms with Crippen molar-refractivity contribution >= 4 is 6.03 Å². The lowest BCUT2D eigenvalue weighted by atomic mass is 10.2. The first-order valence-corrected chi connectivity index (χ1v) is 8.58. The minimum atomic E-state index is -4.41. The number of halogens is 3. The maximum absolute atomic E-state index is 12.6. The number of hydrogen-bond acceptors (Lipinski definition) is 3. The van der Waals surface area contributed by atoms with Gasteiger partial charge >= 0.3 is 12.2 Å². The molecule has 1 aromatic carbocycles. The lowest BCUT2D eigenvalue weighted by Crippen LogP contribution is -2.38. The Bertz CT molecular complexity index is 759. The van der Waals surface area contributed by atoms with Gasteiger partial charge in [0.05, 0.1) is 17.8 Å². The van der Waals surface area contributed by atoms with Crippen molar-refractivity contribution in [1.82, 2.24) is 20.4 Å². The number of carbonyl (C=O) groups is 1. The first kappa shape index (κ1) is 20.6. The molecule has 1 aromatic heterocycles. The quantitative estimate of drug-likeness (QED) is 0.687. The number of hydrogen-bond donors (Lipinski definition) is 2. The molecule has 2 amide bonds. The van der Waals surface area contributed by atoms with Crippen LogP contribution in [0.25, 0.3) is 0 Å². The summed E-state index contributed by atoms with van der Waals surface area (Å²) < 4.78 is 45.0. The van der Waals surface area contributed by atoms with Crippen molar-refractivity contribution in [2.24, 2.45) is 0 Å². The van der Waals surface area contributed by atoms with E-state index in [2.05, 4.69) is 15.7 Å². The highest BCUT2D eigenvalue weighted by Gasteiger charge is 2.30. The number of benzene rings is 1. The maximum Gasteiger partial charge on any atom is 0.416 e. The van der Waals surface area contributed by atoms with Crippen molar-refractivity contribution in [2.75, 3.05) is 19.7 Å². The highest BCUT2D eigenvalue weighted by atomic mass is 19.4. The largest absolute Gasteiger partial charge is 0.492 e. The number of rotatable bonds is 8. The van der Waals surface area contributed by atoms with E-state index < -0.39 is 11.7 Å². The number of aryl methyl sites for hydroxylation is 3. The molecule has 2 rings (SSSR count). The third-order valence-corrected chi connectivity index (χ3v) is 3.75. The van der Waals surface area contributed by atoms with Crippen molar-refractivity contribution < 1.29 is 22.7 Å². The lowest BCUT2D eigenvalue weighted by Gasteiger charge is -2.11. The SMILES string of the molecule is Cc1cc(C)n(CCCNC(=O)NCCOc2cccc(C(F)(F)F)c2)n1. The Morgan fingerprint density at radius 1 is 1.19 bits per heavy atom. The minimum Gasteiger partial charge on any atom is -0.492 e. The van der Waals surface area contributed by atoms with Crippen LogP contribution in [0.5, 0.6) is 5.75 Å². The van der Waals surface area contributed by atoms with Gasteiger partial charge in [-0.3, -0.25) is 4.68 Å². The first-order chi connectivity index (χ1) is 12.8. The van der Waals surface area contributed by atoms with Gasteiger partial charge in [0.1, 0.15) is 12.4 Å². The summed E-state index contributed by atoms with van der Waals surface area (Å²) >= 11 is 0. The zero-order valence-corrected chi connectivity index (χ0v) is 15.3. The van der Waals surface area contributed by atoms with Gasteiger partial charge in [-0.15, -0.1) is 0 Å². The molecule has 0 atom stereocenters. The first-order valence-electron chi connectivity index (χ1n) is 8.58. The van der Waals surface area contributed by atoms with E-state index in [-0.39, 0.29) is 24.9 Å². The van der Waals surface area contributed by atoms with Crippen LogP contribution >= 0.6 is 0 Å². The molecule has 9 heteroatoms. The summed E-state index contributed by atoms with van der Waals surface area (Å²) in [5.74, 6) is 0.108. The highest BCUT2D eigenvalue weighted by molar-refractivity contribution is 5.73. The van der Waals surface area contributed by atoms with E-state index in [0.717, 1.165) is 29.9 Å². The molecule has 0 saturated carbocycles. The molecular formula is C18H23F3N4O2. The summed E-state index contributed by atoms with van der Waals surface area (Å²) in [6, 6.07) is 6.26. The molecule has 1 heterocycles. The normalized spacial score (nSPS) is 11.3. The Morgan fingerprint density at radius 2 is 1.93 bits per heavy atom. The Kier molecular flexibility index (Phi) is 7.09. The average molecular weight is 384 g/mol. The minimum absolute atomic E-state index is 0.0699. The van der Waals surface area contributed by atoms with Gasteiger partial charge in [-0.25, -0.2) is 4.79 Å². The second-order valence-corrected chi connectivity index (χ2v) is 6.06. The molecule has 148 valence electrons. The Morgan fingerprint density at radius 3 is 2.59 bits per heavy atom. The number of alkyl halides is 3. The molecule has 0 bridgehead atoms. The van der Waals surface area contributed by atoms with Crippen LogP contribution in [0.15, 0.2) is 30.3 Å². The van der Waals surface area contributed by atoms with Crippen LogP contribution in [0.2, 0.25) is 0 Å². The number of aromatic nitrogens is 2. The zero-order valence-electron chi connectivity index (χ0n) is 15.3. The van der Waals surface area contributed by atoms with Crippen LogP contribution in [0, 0.1) is 13.8 Å². The number of ether oxygens (including phenoxy) is 1. The second kappa shape index (κ2) is 9.29. The summed E-state index contributed by atoms with van der Waals surface area (Å²) in [4.78, 5) is 11.7. The molecule has 0 saturated heterocycles. The number of urea groups is 1. The van der Waals surface area contributed by atoms with Crippen molar-refractivity contribution in [3.8, 4) is 5.75 Å². The third-order valence-electron chi connectivity index (χ3n) is 3.75. The maximum atomic E-state index is 12.6. The van der Waals surface area contributed by atoms with E-state index in [4.69, 9.17) is 4.74 Å². The predicted octanol–water partition coefficient (Wildman–Crippen LogP) is 3.29. The van der Waals surface area contributed by atoms with Crippen molar-refractivity contribution in [3.63, 3.8) is 0 Å². The Labute approximate surface area is 155 Å².